The lowest BCUT2D eigenvalue weighted by molar-refractivity contribution is -0.350. The predicted molar refractivity (Wildman–Crippen MR) is 139 cm³/mol. The van der Waals surface area contributed by atoms with Crippen LogP contribution in [-0.2, 0) is 23.8 Å². The number of aliphatic hydroxyl groups excluding tert-OH is 6. The summed E-state index contributed by atoms with van der Waals surface area (Å²) in [5, 5.41) is 73.0. The molecule has 0 aromatic heterocycles. The highest BCUT2D eigenvalue weighted by atomic mass is 16.7. The van der Waals surface area contributed by atoms with Crippen LogP contribution in [0.1, 0.15) is 78.1 Å². The van der Waals surface area contributed by atoms with Gasteiger partial charge in [-0.25, -0.2) is 4.79 Å². The largest absolute Gasteiger partial charge is 0.477 e. The number of carboxylic acids is 1. The summed E-state index contributed by atoms with van der Waals surface area (Å²) < 4.78 is 16.1. The molecule has 1 amide bonds. The number of rotatable bonds is 21. The zero-order chi connectivity index (χ0) is 29.4. The highest BCUT2D eigenvalue weighted by Crippen LogP contribution is 2.34. The molecule has 0 aromatic carbocycles. The van der Waals surface area contributed by atoms with E-state index in [0.717, 1.165) is 26.2 Å². The van der Waals surface area contributed by atoms with Gasteiger partial charge in [0.2, 0.25) is 5.91 Å². The Morgan fingerprint density at radius 2 is 1.51 bits per heavy atom. The van der Waals surface area contributed by atoms with Gasteiger partial charge in [0, 0.05) is 13.5 Å². The van der Waals surface area contributed by atoms with Crippen molar-refractivity contribution in [2.75, 3.05) is 26.4 Å². The van der Waals surface area contributed by atoms with Crippen molar-refractivity contribution < 1.29 is 59.5 Å². The summed E-state index contributed by atoms with van der Waals surface area (Å²) in [4.78, 5) is 23.7. The summed E-state index contributed by atoms with van der Waals surface area (Å²) in [6.45, 7) is 1.86. The van der Waals surface area contributed by atoms with E-state index in [4.69, 9.17) is 14.2 Å². The van der Waals surface area contributed by atoms with Crippen LogP contribution in [0.4, 0.5) is 0 Å². The van der Waals surface area contributed by atoms with Crippen LogP contribution in [0.5, 0.6) is 0 Å². The molecule has 8 N–H and O–H groups in total. The van der Waals surface area contributed by atoms with Crippen LogP contribution < -0.4 is 5.32 Å². The molecule has 1 heterocycles. The first-order valence-corrected chi connectivity index (χ1v) is 13.9. The fourth-order valence-corrected chi connectivity index (χ4v) is 4.51. The average molecular weight is 568 g/mol. The van der Waals surface area contributed by atoms with Gasteiger partial charge in [0.1, 0.15) is 36.6 Å². The van der Waals surface area contributed by atoms with E-state index in [2.05, 4.69) is 12.2 Å². The topological polar surface area (TPSA) is 215 Å². The first-order valence-electron chi connectivity index (χ1n) is 13.9. The monoisotopic (exact) mass is 567 g/mol. The van der Waals surface area contributed by atoms with Crippen molar-refractivity contribution in [3.8, 4) is 0 Å². The van der Waals surface area contributed by atoms with E-state index in [0.29, 0.717) is 6.61 Å². The van der Waals surface area contributed by atoms with E-state index in [1.54, 1.807) is 0 Å². The number of nitrogens with one attached hydrogen (secondary N) is 1. The molecular formula is C26H49NO12. The molecule has 13 heteroatoms. The minimum atomic E-state index is -2.97. The Kier molecular flexibility index (Phi) is 17.2. The van der Waals surface area contributed by atoms with Crippen LogP contribution >= 0.6 is 0 Å². The molecule has 0 radical (unpaired) electrons. The SMILES string of the molecule is CCCCCCCCCCCCOC[C@H](O)CO[C@]1(C(=O)O)O[C@@H]([C@H](O)[C@H](O)CO)[C@H](NC(C)=O)[C@@H](O)[C@@H]1O. The van der Waals surface area contributed by atoms with Gasteiger partial charge < -0.3 is 55.3 Å². The second-order valence-corrected chi connectivity index (χ2v) is 10.2. The third-order valence-corrected chi connectivity index (χ3v) is 6.77. The molecule has 230 valence electrons. The molecule has 39 heavy (non-hydrogen) atoms. The van der Waals surface area contributed by atoms with Gasteiger partial charge in [0.05, 0.1) is 25.9 Å². The molecule has 1 rings (SSSR count). The number of aliphatic carboxylic acids is 1. The standard InChI is InChI=1S/C26H49NO12/c1-3-4-5-6-7-8-9-10-11-12-13-37-15-18(30)16-38-26(25(35)36)24(34)22(33)20(27-17(2)29)23(39-26)21(32)19(31)14-28/h18-24,28,30-34H,3-16H2,1-2H3,(H,27,29)(H,35,36)/t18-,19+,20+,21+,22+,23+,24-,26-/m0/s1. The number of carboxylic acid groups (broad SMARTS) is 1. The van der Waals surface area contributed by atoms with Crippen molar-refractivity contribution >= 4 is 11.9 Å². The zero-order valence-corrected chi connectivity index (χ0v) is 23.1. The maximum absolute atomic E-state index is 12.1. The number of hydrogen-bond acceptors (Lipinski definition) is 11. The van der Waals surface area contributed by atoms with Gasteiger partial charge >= 0.3 is 5.97 Å². The number of carbonyl (C=O) groups is 2. The number of unbranched alkanes of at least 4 members (excludes halogenated alkanes) is 9. The molecule has 0 spiro atoms. The Balaban J connectivity index is 2.59. The molecule has 0 saturated carbocycles. The fourth-order valence-electron chi connectivity index (χ4n) is 4.51. The van der Waals surface area contributed by atoms with Crippen LogP contribution in [0.3, 0.4) is 0 Å². The molecular weight excluding hydrogens is 518 g/mol. The summed E-state index contributed by atoms with van der Waals surface area (Å²) in [5.74, 6) is -5.55. The number of aliphatic hydroxyl groups is 6. The summed E-state index contributed by atoms with van der Waals surface area (Å²) in [7, 11) is 0. The quantitative estimate of drug-likeness (QED) is 0.0818. The lowest BCUT2D eigenvalue weighted by Crippen LogP contribution is -2.74. The van der Waals surface area contributed by atoms with Gasteiger partial charge in [-0.05, 0) is 6.42 Å². The molecule has 1 aliphatic rings. The second-order valence-electron chi connectivity index (χ2n) is 10.2. The Morgan fingerprint density at radius 1 is 0.949 bits per heavy atom. The van der Waals surface area contributed by atoms with Gasteiger partial charge in [-0.2, -0.15) is 0 Å². The smallest absolute Gasteiger partial charge is 0.367 e. The van der Waals surface area contributed by atoms with Gasteiger partial charge in [0.15, 0.2) is 0 Å². The Bertz CT molecular complexity index is 698. The molecule has 0 bridgehead atoms. The maximum atomic E-state index is 12.1. The van der Waals surface area contributed by atoms with Crippen molar-refractivity contribution in [3.63, 3.8) is 0 Å². The van der Waals surface area contributed by atoms with Crippen LogP contribution in [-0.4, -0.2) is 123 Å². The third kappa shape index (κ3) is 11.5. The van der Waals surface area contributed by atoms with Crippen LogP contribution in [0.15, 0.2) is 0 Å². The first-order chi connectivity index (χ1) is 18.5. The Morgan fingerprint density at radius 3 is 2.03 bits per heavy atom. The van der Waals surface area contributed by atoms with E-state index < -0.39 is 73.5 Å². The number of ether oxygens (including phenoxy) is 3. The van der Waals surface area contributed by atoms with Crippen molar-refractivity contribution in [3.05, 3.63) is 0 Å². The molecule has 13 nitrogen and oxygen atoms in total. The summed E-state index contributed by atoms with van der Waals surface area (Å²) >= 11 is 0. The lowest BCUT2D eigenvalue weighted by atomic mass is 9.86. The second kappa shape index (κ2) is 18.8. The van der Waals surface area contributed by atoms with Crippen molar-refractivity contribution in [2.24, 2.45) is 0 Å². The van der Waals surface area contributed by atoms with Crippen LogP contribution in [0, 0.1) is 0 Å². The van der Waals surface area contributed by atoms with Crippen LogP contribution in [0.25, 0.3) is 0 Å². The fraction of sp³-hybridized carbons (Fsp3) is 0.923. The molecule has 0 aliphatic carbocycles. The minimum absolute atomic E-state index is 0.185. The van der Waals surface area contributed by atoms with Gasteiger partial charge in [-0.1, -0.05) is 64.7 Å². The predicted octanol–water partition coefficient (Wildman–Crippen LogP) is -0.578. The normalized spacial score (nSPS) is 27.6. The van der Waals surface area contributed by atoms with Crippen LogP contribution in [0.2, 0.25) is 0 Å². The Hall–Kier alpha value is -1.42. The van der Waals surface area contributed by atoms with Crippen molar-refractivity contribution in [1.29, 1.82) is 0 Å². The highest BCUT2D eigenvalue weighted by Gasteiger charge is 2.62. The van der Waals surface area contributed by atoms with Crippen molar-refractivity contribution in [1.82, 2.24) is 5.32 Å². The molecule has 1 aliphatic heterocycles. The lowest BCUT2D eigenvalue weighted by Gasteiger charge is -2.49. The number of hydrogen-bond donors (Lipinski definition) is 8. The maximum Gasteiger partial charge on any atom is 0.367 e. The molecule has 0 unspecified atom stereocenters. The molecule has 1 saturated heterocycles. The van der Waals surface area contributed by atoms with E-state index in [-0.39, 0.29) is 6.61 Å². The first kappa shape index (κ1) is 35.6. The van der Waals surface area contributed by atoms with Gasteiger partial charge in [-0.3, -0.25) is 4.79 Å². The van der Waals surface area contributed by atoms with Crippen molar-refractivity contribution in [2.45, 2.75) is 127 Å². The Labute approximate surface area is 230 Å². The summed E-state index contributed by atoms with van der Waals surface area (Å²) in [6, 6.07) is -1.56. The molecule has 8 atom stereocenters. The minimum Gasteiger partial charge on any atom is -0.477 e. The summed E-state index contributed by atoms with van der Waals surface area (Å²) in [5.41, 5.74) is 0. The van der Waals surface area contributed by atoms with E-state index >= 15 is 0 Å². The summed E-state index contributed by atoms with van der Waals surface area (Å²) in [6.07, 6.45) is 0.418. The molecule has 1 fully saturated rings. The zero-order valence-electron chi connectivity index (χ0n) is 23.1. The van der Waals surface area contributed by atoms with E-state index in [1.165, 1.54) is 44.9 Å². The van der Waals surface area contributed by atoms with Gasteiger partial charge in [0.25, 0.3) is 5.79 Å². The third-order valence-electron chi connectivity index (χ3n) is 6.77. The number of amides is 1. The highest BCUT2D eigenvalue weighted by molar-refractivity contribution is 5.77. The van der Waals surface area contributed by atoms with Gasteiger partial charge in [-0.15, -0.1) is 0 Å². The number of carbonyl (C=O) groups excluding carboxylic acids is 1. The average Bonchev–Trinajstić information content (AvgIpc) is 2.90. The molecule has 0 aromatic rings. The van der Waals surface area contributed by atoms with E-state index in [9.17, 15) is 45.3 Å². The van der Waals surface area contributed by atoms with E-state index in [1.807, 2.05) is 0 Å².